The molecule has 0 saturated heterocycles. The number of aromatic nitrogens is 2. The average Bonchev–Trinajstić information content (AvgIpc) is 2.97. The molecule has 26 heavy (non-hydrogen) atoms. The summed E-state index contributed by atoms with van der Waals surface area (Å²) in [5.41, 5.74) is 2.99. The van der Waals surface area contributed by atoms with Gasteiger partial charge in [-0.05, 0) is 43.9 Å². The highest BCUT2D eigenvalue weighted by molar-refractivity contribution is 5.93. The van der Waals surface area contributed by atoms with Gasteiger partial charge >= 0.3 is 5.97 Å². The maximum absolute atomic E-state index is 12.7. The summed E-state index contributed by atoms with van der Waals surface area (Å²) in [6.45, 7) is 8.02. The van der Waals surface area contributed by atoms with Crippen LogP contribution < -0.4 is 5.32 Å². The second-order valence-electron chi connectivity index (χ2n) is 6.57. The van der Waals surface area contributed by atoms with Crippen molar-refractivity contribution in [2.24, 2.45) is 0 Å². The van der Waals surface area contributed by atoms with E-state index in [1.165, 1.54) is 0 Å². The van der Waals surface area contributed by atoms with Crippen LogP contribution >= 0.6 is 0 Å². The highest BCUT2D eigenvalue weighted by atomic mass is 16.4. The number of carboxylic acids is 1. The first kappa shape index (κ1) is 19.7. The molecule has 0 bridgehead atoms. The monoisotopic (exact) mass is 357 g/mol. The maximum atomic E-state index is 12.7. The number of nitrogens with zero attached hydrogens (tertiary/aromatic N) is 2. The van der Waals surface area contributed by atoms with Crippen molar-refractivity contribution < 1.29 is 14.7 Å². The number of amides is 1. The third kappa shape index (κ3) is 4.50. The van der Waals surface area contributed by atoms with Crippen LogP contribution in [0.5, 0.6) is 0 Å². The van der Waals surface area contributed by atoms with Crippen LogP contribution in [0.1, 0.15) is 72.5 Å². The molecule has 0 saturated carbocycles. The van der Waals surface area contributed by atoms with Crippen molar-refractivity contribution in [3.63, 3.8) is 0 Å². The number of aryl methyl sites for hydroxylation is 2. The third-order valence-corrected chi connectivity index (χ3v) is 4.69. The van der Waals surface area contributed by atoms with E-state index in [0.29, 0.717) is 5.69 Å². The number of carbonyl (C=O) groups excluding carboxylic acids is 1. The minimum absolute atomic E-state index is 0.178. The molecule has 140 valence electrons. The topological polar surface area (TPSA) is 84.2 Å². The van der Waals surface area contributed by atoms with Gasteiger partial charge in [0, 0.05) is 5.69 Å². The fourth-order valence-corrected chi connectivity index (χ4v) is 3.23. The summed E-state index contributed by atoms with van der Waals surface area (Å²) in [5, 5.41) is 16.5. The summed E-state index contributed by atoms with van der Waals surface area (Å²) in [6.07, 6.45) is 1.69. The van der Waals surface area contributed by atoms with E-state index >= 15 is 0 Å². The Bertz CT molecular complexity index is 778. The van der Waals surface area contributed by atoms with E-state index in [9.17, 15) is 14.7 Å². The highest BCUT2D eigenvalue weighted by Crippen LogP contribution is 2.22. The zero-order chi connectivity index (χ0) is 19.3. The Morgan fingerprint density at radius 1 is 1.19 bits per heavy atom. The quantitative estimate of drug-likeness (QED) is 0.752. The van der Waals surface area contributed by atoms with Crippen LogP contribution in [0.15, 0.2) is 30.3 Å². The van der Waals surface area contributed by atoms with E-state index in [2.05, 4.69) is 24.3 Å². The number of nitrogens with one attached hydrogen (secondary N) is 1. The second kappa shape index (κ2) is 8.65. The lowest BCUT2D eigenvalue weighted by atomic mass is 9.98. The minimum atomic E-state index is -0.961. The van der Waals surface area contributed by atoms with Gasteiger partial charge in [0.05, 0.1) is 18.5 Å². The lowest BCUT2D eigenvalue weighted by molar-refractivity contribution is -0.137. The molecule has 1 aromatic heterocycles. The lowest BCUT2D eigenvalue weighted by Gasteiger charge is -2.19. The first-order valence-electron chi connectivity index (χ1n) is 9.01. The van der Waals surface area contributed by atoms with E-state index in [1.807, 2.05) is 42.8 Å². The van der Waals surface area contributed by atoms with E-state index in [0.717, 1.165) is 29.7 Å². The van der Waals surface area contributed by atoms with Gasteiger partial charge in [-0.25, -0.2) is 0 Å². The Hall–Kier alpha value is -2.63. The third-order valence-electron chi connectivity index (χ3n) is 4.69. The number of benzene rings is 1. The van der Waals surface area contributed by atoms with E-state index in [4.69, 9.17) is 0 Å². The molecule has 6 nitrogen and oxygen atoms in total. The molecule has 2 aromatic rings. The molecule has 2 rings (SSSR count). The molecule has 1 unspecified atom stereocenters. The van der Waals surface area contributed by atoms with Crippen molar-refractivity contribution in [1.82, 2.24) is 15.1 Å². The zero-order valence-corrected chi connectivity index (χ0v) is 15.8. The van der Waals surface area contributed by atoms with Crippen LogP contribution in [0.4, 0.5) is 0 Å². The summed E-state index contributed by atoms with van der Waals surface area (Å²) < 4.78 is 1.88. The van der Waals surface area contributed by atoms with Gasteiger partial charge in [-0.2, -0.15) is 5.10 Å². The number of aliphatic carboxylic acids is 1. The maximum Gasteiger partial charge on any atom is 0.305 e. The Labute approximate surface area is 154 Å². The molecule has 1 aromatic carbocycles. The van der Waals surface area contributed by atoms with Gasteiger partial charge < -0.3 is 10.4 Å². The average molecular weight is 357 g/mol. The standard InChI is InChI=1S/C20H27N3O3/c1-5-15(6-2)23-14(4)11-18(22-23)20(26)21-17(12-19(24)25)16-10-8-7-9-13(16)3/h7-11,15,17H,5-6,12H2,1-4H3,(H,21,26)(H,24,25). The predicted molar refractivity (Wildman–Crippen MR) is 100 cm³/mol. The summed E-state index contributed by atoms with van der Waals surface area (Å²) in [4.78, 5) is 24.0. The van der Waals surface area contributed by atoms with Gasteiger partial charge in [0.15, 0.2) is 0 Å². The first-order valence-corrected chi connectivity index (χ1v) is 9.01. The normalized spacial score (nSPS) is 12.2. The van der Waals surface area contributed by atoms with Gasteiger partial charge in [0.25, 0.3) is 5.91 Å². The SMILES string of the molecule is CCC(CC)n1nc(C(=O)NC(CC(=O)O)c2ccccc2C)cc1C. The molecule has 2 N–H and O–H groups in total. The number of hydrogen-bond donors (Lipinski definition) is 2. The molecular formula is C20H27N3O3. The highest BCUT2D eigenvalue weighted by Gasteiger charge is 2.23. The molecule has 0 radical (unpaired) electrons. The summed E-state index contributed by atoms with van der Waals surface area (Å²) >= 11 is 0. The Morgan fingerprint density at radius 2 is 1.85 bits per heavy atom. The number of hydrogen-bond acceptors (Lipinski definition) is 3. The molecule has 6 heteroatoms. The van der Waals surface area contributed by atoms with E-state index < -0.39 is 12.0 Å². The van der Waals surface area contributed by atoms with Crippen molar-refractivity contribution in [2.45, 2.75) is 59.0 Å². The van der Waals surface area contributed by atoms with Crippen molar-refractivity contribution in [3.8, 4) is 0 Å². The van der Waals surface area contributed by atoms with Gasteiger partial charge in [0.2, 0.25) is 0 Å². The van der Waals surface area contributed by atoms with Crippen molar-refractivity contribution in [1.29, 1.82) is 0 Å². The fourth-order valence-electron chi connectivity index (χ4n) is 3.23. The summed E-state index contributed by atoms with van der Waals surface area (Å²) in [7, 11) is 0. The minimum Gasteiger partial charge on any atom is -0.481 e. The van der Waals surface area contributed by atoms with Crippen molar-refractivity contribution in [3.05, 3.63) is 52.8 Å². The van der Waals surface area contributed by atoms with Crippen LogP contribution in [-0.2, 0) is 4.79 Å². The molecule has 0 aliphatic rings. The predicted octanol–water partition coefficient (Wildman–Crippen LogP) is 3.81. The molecule has 1 heterocycles. The zero-order valence-electron chi connectivity index (χ0n) is 15.8. The van der Waals surface area contributed by atoms with Gasteiger partial charge in [0.1, 0.15) is 5.69 Å². The van der Waals surface area contributed by atoms with Crippen molar-refractivity contribution in [2.75, 3.05) is 0 Å². The number of carbonyl (C=O) groups is 2. The molecule has 0 fully saturated rings. The molecule has 0 aliphatic heterocycles. The largest absolute Gasteiger partial charge is 0.481 e. The molecule has 1 amide bonds. The van der Waals surface area contributed by atoms with Crippen LogP contribution in [0.25, 0.3) is 0 Å². The smallest absolute Gasteiger partial charge is 0.305 e. The van der Waals surface area contributed by atoms with Gasteiger partial charge in [-0.1, -0.05) is 38.1 Å². The second-order valence-corrected chi connectivity index (χ2v) is 6.57. The number of carboxylic acid groups (broad SMARTS) is 1. The Balaban J connectivity index is 2.26. The van der Waals surface area contributed by atoms with E-state index in [-0.39, 0.29) is 18.4 Å². The van der Waals surface area contributed by atoms with Gasteiger partial charge in [-0.3, -0.25) is 14.3 Å². The van der Waals surface area contributed by atoms with Crippen LogP contribution in [0.2, 0.25) is 0 Å². The summed E-state index contributed by atoms with van der Waals surface area (Å²) in [6, 6.07) is 8.89. The van der Waals surface area contributed by atoms with Crippen LogP contribution in [0.3, 0.4) is 0 Å². The van der Waals surface area contributed by atoms with Gasteiger partial charge in [-0.15, -0.1) is 0 Å². The Kier molecular flexibility index (Phi) is 6.55. The number of rotatable bonds is 8. The Morgan fingerprint density at radius 3 is 2.42 bits per heavy atom. The molecular weight excluding hydrogens is 330 g/mol. The van der Waals surface area contributed by atoms with E-state index in [1.54, 1.807) is 6.07 Å². The summed E-state index contributed by atoms with van der Waals surface area (Å²) in [5.74, 6) is -1.32. The van der Waals surface area contributed by atoms with Crippen LogP contribution in [-0.4, -0.2) is 26.8 Å². The fraction of sp³-hybridized carbons (Fsp3) is 0.450. The molecule has 1 atom stereocenters. The lowest BCUT2D eigenvalue weighted by Crippen LogP contribution is -2.31. The molecule has 0 spiro atoms. The first-order chi connectivity index (χ1) is 12.4. The van der Waals surface area contributed by atoms with Crippen LogP contribution in [0, 0.1) is 13.8 Å². The van der Waals surface area contributed by atoms with Crippen molar-refractivity contribution >= 4 is 11.9 Å². The molecule has 0 aliphatic carbocycles.